The van der Waals surface area contributed by atoms with Gasteiger partial charge in [-0.2, -0.15) is 0 Å². The van der Waals surface area contributed by atoms with E-state index in [1.54, 1.807) is 6.92 Å². The third-order valence-corrected chi connectivity index (χ3v) is 5.14. The Kier molecular flexibility index (Phi) is 4.58. The Labute approximate surface area is 126 Å². The number of aliphatic hydroxyl groups excluding tert-OH is 1. The minimum absolute atomic E-state index is 0.0255. The van der Waals surface area contributed by atoms with Crippen LogP contribution in [0, 0.1) is 5.92 Å². The molecule has 0 aromatic carbocycles. The van der Waals surface area contributed by atoms with Gasteiger partial charge in [0, 0.05) is 11.3 Å². The third kappa shape index (κ3) is 2.65. The maximum absolute atomic E-state index is 12.0. The molecule has 1 saturated heterocycles. The molecule has 1 fully saturated rings. The summed E-state index contributed by atoms with van der Waals surface area (Å²) in [6, 6.07) is -0.259. The molecule has 4 N–H and O–H groups in total. The van der Waals surface area contributed by atoms with E-state index in [2.05, 4.69) is 4.99 Å². The van der Waals surface area contributed by atoms with E-state index in [1.807, 2.05) is 6.92 Å². The number of hydrogen-bond donors (Lipinski definition) is 3. The molecule has 1 unspecified atom stereocenters. The van der Waals surface area contributed by atoms with Crippen LogP contribution < -0.4 is 5.73 Å². The molecule has 0 aromatic rings. The van der Waals surface area contributed by atoms with Crippen molar-refractivity contribution in [1.82, 2.24) is 4.90 Å². The summed E-state index contributed by atoms with van der Waals surface area (Å²) in [5, 5.41) is 18.9. The van der Waals surface area contributed by atoms with E-state index in [4.69, 9.17) is 5.73 Å². The quantitative estimate of drug-likeness (QED) is 0.370. The van der Waals surface area contributed by atoms with Crippen molar-refractivity contribution in [1.29, 1.82) is 0 Å². The van der Waals surface area contributed by atoms with E-state index in [9.17, 15) is 19.8 Å². The van der Waals surface area contributed by atoms with Gasteiger partial charge in [-0.25, -0.2) is 4.79 Å². The van der Waals surface area contributed by atoms with E-state index in [0.29, 0.717) is 17.7 Å². The van der Waals surface area contributed by atoms with Gasteiger partial charge in [-0.05, 0) is 13.3 Å². The zero-order valence-corrected chi connectivity index (χ0v) is 12.7. The standard InChI is InChI=1S/C13H19N3O4S/c1-3-9(15-5-14)21-8-4-7-10(6(2)17)12(18)16(7)11(8)13(19)20/h5-7,9-10,17H,3-4H2,1-2H3,(H2,14,15)(H,19,20)/t6-,7-,9?,10-/m1/s1. The van der Waals surface area contributed by atoms with Crippen molar-refractivity contribution in [3.8, 4) is 0 Å². The number of fused-ring (bicyclic) bond motifs is 1. The summed E-state index contributed by atoms with van der Waals surface area (Å²) in [6.07, 6.45) is 1.58. The molecule has 1 amide bonds. The van der Waals surface area contributed by atoms with Crippen LogP contribution in [0.3, 0.4) is 0 Å². The fourth-order valence-corrected chi connectivity index (χ4v) is 4.01. The van der Waals surface area contributed by atoms with Crippen LogP contribution in [0.4, 0.5) is 0 Å². The summed E-state index contributed by atoms with van der Waals surface area (Å²) in [5.41, 5.74) is 5.32. The van der Waals surface area contributed by atoms with Gasteiger partial charge < -0.3 is 20.8 Å². The first kappa shape index (κ1) is 15.8. The third-order valence-electron chi connectivity index (χ3n) is 3.77. The smallest absolute Gasteiger partial charge is 0.353 e. The van der Waals surface area contributed by atoms with Crippen LogP contribution in [0.25, 0.3) is 0 Å². The molecule has 21 heavy (non-hydrogen) atoms. The van der Waals surface area contributed by atoms with Gasteiger partial charge in [0.15, 0.2) is 0 Å². The highest BCUT2D eigenvalue weighted by atomic mass is 32.2. The minimum atomic E-state index is -1.12. The van der Waals surface area contributed by atoms with Gasteiger partial charge in [0.25, 0.3) is 0 Å². The largest absolute Gasteiger partial charge is 0.477 e. The maximum atomic E-state index is 12.0. The summed E-state index contributed by atoms with van der Waals surface area (Å²) >= 11 is 1.32. The second kappa shape index (κ2) is 6.07. The van der Waals surface area contributed by atoms with Gasteiger partial charge >= 0.3 is 5.97 Å². The van der Waals surface area contributed by atoms with Crippen molar-refractivity contribution >= 4 is 30.0 Å². The lowest BCUT2D eigenvalue weighted by molar-refractivity contribution is -0.161. The first-order chi connectivity index (χ1) is 9.92. The summed E-state index contributed by atoms with van der Waals surface area (Å²) in [7, 11) is 0. The number of carboxylic acids is 1. The second-order valence-corrected chi connectivity index (χ2v) is 6.37. The summed E-state index contributed by atoms with van der Waals surface area (Å²) in [5.74, 6) is -1.96. The summed E-state index contributed by atoms with van der Waals surface area (Å²) in [6.45, 7) is 3.48. The predicted molar refractivity (Wildman–Crippen MR) is 79.4 cm³/mol. The van der Waals surface area contributed by atoms with Crippen molar-refractivity contribution < 1.29 is 19.8 Å². The number of amides is 1. The Hall–Kier alpha value is -1.54. The average Bonchev–Trinajstić information content (AvgIpc) is 2.72. The topological polar surface area (TPSA) is 116 Å². The highest BCUT2D eigenvalue weighted by molar-refractivity contribution is 8.03. The van der Waals surface area contributed by atoms with Gasteiger partial charge in [0.05, 0.1) is 24.4 Å². The van der Waals surface area contributed by atoms with Crippen LogP contribution in [0.5, 0.6) is 0 Å². The molecule has 0 radical (unpaired) electrons. The Morgan fingerprint density at radius 2 is 2.33 bits per heavy atom. The van der Waals surface area contributed by atoms with Crippen LogP contribution in [-0.2, 0) is 9.59 Å². The first-order valence-corrected chi connectivity index (χ1v) is 7.67. The molecule has 2 heterocycles. The Bertz CT molecular complexity index is 518. The van der Waals surface area contributed by atoms with Crippen molar-refractivity contribution in [3.05, 3.63) is 10.6 Å². The van der Waals surface area contributed by atoms with Gasteiger partial charge in [-0.1, -0.05) is 6.92 Å². The van der Waals surface area contributed by atoms with Crippen LogP contribution >= 0.6 is 11.8 Å². The molecule has 0 spiro atoms. The minimum Gasteiger partial charge on any atom is -0.477 e. The number of thioether (sulfide) groups is 1. The number of aliphatic carboxylic acids is 1. The lowest BCUT2D eigenvalue weighted by Gasteiger charge is -2.44. The van der Waals surface area contributed by atoms with Gasteiger partial charge in [-0.15, -0.1) is 11.8 Å². The Balaban J connectivity index is 2.24. The molecule has 116 valence electrons. The molecule has 8 heteroatoms. The van der Waals surface area contributed by atoms with Gasteiger partial charge in [0.2, 0.25) is 5.91 Å². The average molecular weight is 313 g/mol. The number of carbonyl (C=O) groups is 2. The number of nitrogens with two attached hydrogens (primary N) is 1. The number of nitrogens with zero attached hydrogens (tertiary/aromatic N) is 2. The number of aliphatic imine (C=N–C) groups is 1. The number of carbonyl (C=O) groups excluding carboxylic acids is 1. The SMILES string of the molecule is CCC(/N=C/N)SC1=C(C(=O)O)N2C(=O)[C@H]([C@@H](C)O)[C@H]2C1. The maximum Gasteiger partial charge on any atom is 0.353 e. The van der Waals surface area contributed by atoms with Gasteiger partial charge in [-0.3, -0.25) is 9.79 Å². The van der Waals surface area contributed by atoms with Crippen molar-refractivity contribution in [2.24, 2.45) is 16.6 Å². The highest BCUT2D eigenvalue weighted by Crippen LogP contribution is 2.48. The number of aliphatic hydroxyl groups is 1. The van der Waals surface area contributed by atoms with Crippen LogP contribution in [0.15, 0.2) is 15.6 Å². The zero-order valence-electron chi connectivity index (χ0n) is 11.9. The molecular weight excluding hydrogens is 294 g/mol. The highest BCUT2D eigenvalue weighted by Gasteiger charge is 2.56. The lowest BCUT2D eigenvalue weighted by atomic mass is 9.83. The summed E-state index contributed by atoms with van der Waals surface area (Å²) in [4.78, 5) is 29.5. The van der Waals surface area contributed by atoms with E-state index >= 15 is 0 Å². The Morgan fingerprint density at radius 1 is 1.67 bits per heavy atom. The van der Waals surface area contributed by atoms with E-state index in [-0.39, 0.29) is 23.0 Å². The lowest BCUT2D eigenvalue weighted by Crippen LogP contribution is -2.61. The monoisotopic (exact) mass is 313 g/mol. The van der Waals surface area contributed by atoms with Crippen molar-refractivity contribution in [3.63, 3.8) is 0 Å². The molecule has 4 atom stereocenters. The Morgan fingerprint density at radius 3 is 2.81 bits per heavy atom. The molecule has 0 saturated carbocycles. The molecule has 0 aromatic heterocycles. The van der Waals surface area contributed by atoms with E-state index in [1.165, 1.54) is 23.0 Å². The first-order valence-electron chi connectivity index (χ1n) is 6.79. The van der Waals surface area contributed by atoms with Crippen LogP contribution in [0.2, 0.25) is 0 Å². The van der Waals surface area contributed by atoms with Gasteiger partial charge in [0.1, 0.15) is 11.1 Å². The zero-order chi connectivity index (χ0) is 15.7. The molecule has 7 nitrogen and oxygen atoms in total. The number of β-lactam (4-membered cyclic amide) rings is 1. The molecule has 0 aliphatic carbocycles. The molecule has 2 aliphatic rings. The fourth-order valence-electron chi connectivity index (χ4n) is 2.82. The molecule has 2 aliphatic heterocycles. The number of rotatable bonds is 6. The number of hydrogen-bond acceptors (Lipinski definition) is 5. The van der Waals surface area contributed by atoms with Crippen molar-refractivity contribution in [2.75, 3.05) is 0 Å². The normalized spacial score (nSPS) is 27.8. The summed E-state index contributed by atoms with van der Waals surface area (Å²) < 4.78 is 0. The fraction of sp³-hybridized carbons (Fsp3) is 0.615. The van der Waals surface area contributed by atoms with Crippen molar-refractivity contribution in [2.45, 2.75) is 44.2 Å². The molecular formula is C13H19N3O4S. The second-order valence-electron chi connectivity index (χ2n) is 5.10. The van der Waals surface area contributed by atoms with Crippen LogP contribution in [-0.4, -0.2) is 50.8 Å². The van der Waals surface area contributed by atoms with Crippen LogP contribution in [0.1, 0.15) is 26.7 Å². The van der Waals surface area contributed by atoms with E-state index < -0.39 is 18.0 Å². The molecule has 0 bridgehead atoms. The molecule has 2 rings (SSSR count). The van der Waals surface area contributed by atoms with E-state index in [0.717, 1.165) is 0 Å². The predicted octanol–water partition coefficient (Wildman–Crippen LogP) is 0.350. The number of carboxylic acid groups (broad SMARTS) is 1.